The number of furan rings is 1. The number of hydrogen-bond acceptors (Lipinski definition) is 6. The molecule has 0 bridgehead atoms. The van der Waals surface area contributed by atoms with Gasteiger partial charge in [-0.3, -0.25) is 4.90 Å². The lowest BCUT2D eigenvalue weighted by Crippen LogP contribution is -2.30. The maximum absolute atomic E-state index is 5.68. The largest absolute Gasteiger partial charge is 0.493 e. The summed E-state index contributed by atoms with van der Waals surface area (Å²) >= 11 is 0. The van der Waals surface area contributed by atoms with Crippen molar-refractivity contribution >= 4 is 0 Å². The second-order valence-corrected chi connectivity index (χ2v) is 5.95. The van der Waals surface area contributed by atoms with Crippen LogP contribution in [0.1, 0.15) is 17.4 Å². The van der Waals surface area contributed by atoms with Crippen LogP contribution in [0.15, 0.2) is 34.9 Å². The highest BCUT2D eigenvalue weighted by atomic mass is 16.6. The molecule has 1 aromatic heterocycles. The van der Waals surface area contributed by atoms with E-state index in [1.54, 1.807) is 13.4 Å². The smallest absolute Gasteiger partial charge is 0.203 e. The van der Waals surface area contributed by atoms with Gasteiger partial charge in [0.25, 0.3) is 0 Å². The van der Waals surface area contributed by atoms with Crippen LogP contribution in [0, 0.1) is 0 Å². The number of ether oxygens (including phenoxy) is 3. The van der Waals surface area contributed by atoms with Crippen molar-refractivity contribution < 1.29 is 18.6 Å². The van der Waals surface area contributed by atoms with Gasteiger partial charge in [0.1, 0.15) is 19.0 Å². The summed E-state index contributed by atoms with van der Waals surface area (Å²) in [7, 11) is 5.73. The van der Waals surface area contributed by atoms with Crippen molar-refractivity contribution in [2.75, 3.05) is 41.0 Å². The molecule has 1 aliphatic heterocycles. The Labute approximate surface area is 142 Å². The molecule has 130 valence electrons. The molecule has 1 atom stereocenters. The average Bonchev–Trinajstić information content (AvgIpc) is 3.11. The average molecular weight is 332 g/mol. The van der Waals surface area contributed by atoms with E-state index in [2.05, 4.69) is 10.2 Å². The molecule has 1 aliphatic rings. The second-order valence-electron chi connectivity index (χ2n) is 5.95. The third-order valence-corrected chi connectivity index (χ3v) is 4.05. The Bertz CT molecular complexity index is 638. The highest BCUT2D eigenvalue weighted by molar-refractivity contribution is 5.54. The number of nitrogens with zero attached hydrogens (tertiary/aromatic N) is 1. The standard InChI is InChI=1S/C18H24N2O4/c1-20(2)14(15-5-4-6-22-15)12-19-11-13-9-16(21-3)18-17(10-13)23-7-8-24-18/h4-6,9-10,14,19H,7-8,11-12H2,1-3H3/t14-/m1/s1. The summed E-state index contributed by atoms with van der Waals surface area (Å²) in [4.78, 5) is 2.14. The molecule has 2 aromatic rings. The van der Waals surface area contributed by atoms with E-state index in [1.807, 2.05) is 38.4 Å². The van der Waals surface area contributed by atoms with Gasteiger partial charge >= 0.3 is 0 Å². The van der Waals surface area contributed by atoms with E-state index >= 15 is 0 Å². The molecular weight excluding hydrogens is 308 g/mol. The zero-order valence-electron chi connectivity index (χ0n) is 14.4. The third-order valence-electron chi connectivity index (χ3n) is 4.05. The van der Waals surface area contributed by atoms with E-state index < -0.39 is 0 Å². The van der Waals surface area contributed by atoms with Crippen LogP contribution >= 0.6 is 0 Å². The van der Waals surface area contributed by atoms with Crippen LogP contribution in [-0.2, 0) is 6.54 Å². The number of hydrogen-bond donors (Lipinski definition) is 1. The molecule has 0 amide bonds. The fraction of sp³-hybridized carbons (Fsp3) is 0.444. The summed E-state index contributed by atoms with van der Waals surface area (Å²) in [6.45, 7) is 2.60. The van der Waals surface area contributed by atoms with Gasteiger partial charge in [-0.25, -0.2) is 0 Å². The van der Waals surface area contributed by atoms with Crippen LogP contribution in [0.5, 0.6) is 17.2 Å². The van der Waals surface area contributed by atoms with Crippen LogP contribution in [0.4, 0.5) is 0 Å². The summed E-state index contributed by atoms with van der Waals surface area (Å²) in [5.74, 6) is 3.09. The molecule has 3 rings (SSSR count). The molecule has 6 nitrogen and oxygen atoms in total. The number of nitrogens with one attached hydrogen (secondary N) is 1. The Kier molecular flexibility index (Phi) is 5.27. The molecule has 0 fully saturated rings. The molecule has 0 aliphatic carbocycles. The van der Waals surface area contributed by atoms with E-state index in [1.165, 1.54) is 0 Å². The van der Waals surface area contributed by atoms with Gasteiger partial charge in [-0.15, -0.1) is 0 Å². The van der Waals surface area contributed by atoms with Crippen LogP contribution < -0.4 is 19.5 Å². The normalized spacial score (nSPS) is 14.7. The van der Waals surface area contributed by atoms with Gasteiger partial charge in [0, 0.05) is 13.1 Å². The molecule has 0 radical (unpaired) electrons. The van der Waals surface area contributed by atoms with Crippen molar-refractivity contribution in [2.24, 2.45) is 0 Å². The molecule has 6 heteroatoms. The number of benzene rings is 1. The predicted octanol–water partition coefficient (Wildman–Crippen LogP) is 2.45. The second kappa shape index (κ2) is 7.59. The van der Waals surface area contributed by atoms with Gasteiger partial charge in [-0.1, -0.05) is 0 Å². The minimum absolute atomic E-state index is 0.180. The molecule has 0 spiro atoms. The van der Waals surface area contributed by atoms with E-state index in [-0.39, 0.29) is 6.04 Å². The molecule has 0 saturated heterocycles. The molecular formula is C18H24N2O4. The first-order chi connectivity index (χ1) is 11.7. The minimum Gasteiger partial charge on any atom is -0.493 e. The maximum Gasteiger partial charge on any atom is 0.203 e. The first-order valence-electron chi connectivity index (χ1n) is 8.06. The predicted molar refractivity (Wildman–Crippen MR) is 90.8 cm³/mol. The van der Waals surface area contributed by atoms with Crippen LogP contribution in [0.3, 0.4) is 0 Å². The fourth-order valence-electron chi connectivity index (χ4n) is 2.80. The first kappa shape index (κ1) is 16.7. The monoisotopic (exact) mass is 332 g/mol. The quantitative estimate of drug-likeness (QED) is 0.840. The SMILES string of the molecule is COc1cc(CNC[C@H](c2ccco2)N(C)C)cc2c1OCCO2. The summed E-state index contributed by atoms with van der Waals surface area (Å²) < 4.78 is 22.3. The number of methoxy groups -OCH3 is 1. The lowest BCUT2D eigenvalue weighted by atomic mass is 10.1. The topological polar surface area (TPSA) is 56.1 Å². The van der Waals surface area contributed by atoms with Crippen molar-refractivity contribution in [3.05, 3.63) is 41.9 Å². The zero-order chi connectivity index (χ0) is 16.9. The Morgan fingerprint density at radius 3 is 2.79 bits per heavy atom. The highest BCUT2D eigenvalue weighted by Gasteiger charge is 2.19. The van der Waals surface area contributed by atoms with Crippen molar-refractivity contribution in [3.63, 3.8) is 0 Å². The summed E-state index contributed by atoms with van der Waals surface area (Å²) in [5, 5.41) is 3.48. The first-order valence-corrected chi connectivity index (χ1v) is 8.06. The van der Waals surface area contributed by atoms with Crippen molar-refractivity contribution in [1.82, 2.24) is 10.2 Å². The van der Waals surface area contributed by atoms with E-state index in [9.17, 15) is 0 Å². The van der Waals surface area contributed by atoms with E-state index in [0.717, 1.165) is 23.6 Å². The summed E-state index contributed by atoms with van der Waals surface area (Å²) in [5.41, 5.74) is 1.09. The van der Waals surface area contributed by atoms with E-state index in [4.69, 9.17) is 18.6 Å². The Balaban J connectivity index is 1.66. The van der Waals surface area contributed by atoms with Crippen molar-refractivity contribution in [2.45, 2.75) is 12.6 Å². The molecule has 1 N–H and O–H groups in total. The number of fused-ring (bicyclic) bond motifs is 1. The molecule has 0 unspecified atom stereocenters. The highest BCUT2D eigenvalue weighted by Crippen LogP contribution is 2.40. The van der Waals surface area contributed by atoms with E-state index in [0.29, 0.717) is 31.3 Å². The lowest BCUT2D eigenvalue weighted by Gasteiger charge is -2.24. The molecule has 2 heterocycles. The van der Waals surface area contributed by atoms with Gasteiger partial charge in [0.15, 0.2) is 11.5 Å². The Hall–Kier alpha value is -2.18. The van der Waals surface area contributed by atoms with Crippen LogP contribution in [0.2, 0.25) is 0 Å². The Morgan fingerprint density at radius 2 is 2.08 bits per heavy atom. The summed E-state index contributed by atoms with van der Waals surface area (Å²) in [6, 6.07) is 8.08. The Morgan fingerprint density at radius 1 is 1.25 bits per heavy atom. The summed E-state index contributed by atoms with van der Waals surface area (Å²) in [6.07, 6.45) is 1.71. The number of rotatable bonds is 7. The molecule has 1 aromatic carbocycles. The van der Waals surface area contributed by atoms with Gasteiger partial charge < -0.3 is 23.9 Å². The van der Waals surface area contributed by atoms with Crippen LogP contribution in [-0.4, -0.2) is 45.9 Å². The molecule has 0 saturated carbocycles. The fourth-order valence-corrected chi connectivity index (χ4v) is 2.80. The van der Waals surface area contributed by atoms with Crippen LogP contribution in [0.25, 0.3) is 0 Å². The van der Waals surface area contributed by atoms with Gasteiger partial charge in [-0.2, -0.15) is 0 Å². The van der Waals surface area contributed by atoms with Crippen molar-refractivity contribution in [1.29, 1.82) is 0 Å². The zero-order valence-corrected chi connectivity index (χ0v) is 14.4. The van der Waals surface area contributed by atoms with Crippen molar-refractivity contribution in [3.8, 4) is 17.2 Å². The third kappa shape index (κ3) is 3.66. The van der Waals surface area contributed by atoms with Gasteiger partial charge in [-0.05, 0) is 43.9 Å². The number of likely N-dealkylation sites (N-methyl/N-ethyl adjacent to an activating group) is 1. The minimum atomic E-state index is 0.180. The van der Waals surface area contributed by atoms with Gasteiger partial charge in [0.05, 0.1) is 19.4 Å². The lowest BCUT2D eigenvalue weighted by molar-refractivity contribution is 0.165. The maximum atomic E-state index is 5.68. The van der Waals surface area contributed by atoms with Gasteiger partial charge in [0.2, 0.25) is 5.75 Å². The molecule has 24 heavy (non-hydrogen) atoms.